The number of hydrogen-bond acceptors (Lipinski definition) is 12. The highest BCUT2D eigenvalue weighted by molar-refractivity contribution is 7.54. The molecule has 0 bridgehead atoms. The lowest BCUT2D eigenvalue weighted by molar-refractivity contribution is -0.163. The van der Waals surface area contributed by atoms with E-state index in [2.05, 4.69) is 5.32 Å². The molecule has 18 heteroatoms. The van der Waals surface area contributed by atoms with Crippen LogP contribution in [0.2, 0.25) is 0 Å². The second-order valence-corrected chi connectivity index (χ2v) is 21.3. The van der Waals surface area contributed by atoms with E-state index in [1.54, 1.807) is 13.8 Å². The van der Waals surface area contributed by atoms with Gasteiger partial charge in [-0.1, -0.05) is 72.8 Å². The molecule has 0 aromatic heterocycles. The number of aryl methyl sites for hydroxylation is 1. The van der Waals surface area contributed by atoms with E-state index in [1.165, 1.54) is 64.7 Å². The minimum atomic E-state index is -5.56. The Bertz CT molecular complexity index is 2380. The maximum absolute atomic E-state index is 16.1. The smallest absolute Gasteiger partial charge is 0.410 e. The number of amides is 3. The molecule has 2 aliphatic rings. The lowest BCUT2D eigenvalue weighted by atomic mass is 9.92. The molecule has 0 radical (unpaired) electrons. The minimum Gasteiger partial charge on any atom is -0.438 e. The molecule has 0 saturated carbocycles. The van der Waals surface area contributed by atoms with Gasteiger partial charge >= 0.3 is 25.2 Å². The average molecular weight is 966 g/mol. The SMILES string of the molecule is C/C(=C\C(=O)C[C@H]1CCc2cccc3c2N(C1=O)[C@H](C(=O)N[C@@H](CCC(N)=O)[C@@H](C)OCc1ccccc1)C3)c1ccc(C(F)(F)P(=O)(OCOC(=O)C(C)(C)C)OCOC(=O)C(C)(C)C)cc1. The number of hydrogen-bond donors (Lipinski definition) is 2. The Morgan fingerprint density at radius 3 is 2.03 bits per heavy atom. The van der Waals surface area contributed by atoms with E-state index >= 15 is 8.78 Å². The molecule has 0 saturated heterocycles. The molecule has 0 unspecified atom stereocenters. The van der Waals surface area contributed by atoms with Gasteiger partial charge in [0.25, 0.3) is 0 Å². The first kappa shape index (κ1) is 53.3. The molecule has 2 heterocycles. The number of carbonyl (C=O) groups excluding carboxylic acids is 6. The Balaban J connectivity index is 1.30. The fraction of sp³-hybridized carbons (Fsp3) is 0.480. The summed E-state index contributed by atoms with van der Waals surface area (Å²) < 4.78 is 71.9. The Hall–Kier alpha value is -5.61. The lowest BCUT2D eigenvalue weighted by Crippen LogP contribution is -2.54. The fourth-order valence-corrected chi connectivity index (χ4v) is 8.90. The normalized spacial score (nSPS) is 17.4. The van der Waals surface area contributed by atoms with Crippen molar-refractivity contribution >= 4 is 54.3 Å². The molecule has 2 aliphatic heterocycles. The summed E-state index contributed by atoms with van der Waals surface area (Å²) >= 11 is 0. The van der Waals surface area contributed by atoms with Gasteiger partial charge < -0.3 is 25.3 Å². The van der Waals surface area contributed by atoms with Gasteiger partial charge in [0.15, 0.2) is 5.78 Å². The van der Waals surface area contributed by atoms with Crippen LogP contribution in [0.1, 0.15) is 109 Å². The highest BCUT2D eigenvalue weighted by Crippen LogP contribution is 2.67. The molecular formula is C50H62F2N3O12P. The van der Waals surface area contributed by atoms with Gasteiger partial charge in [0.05, 0.1) is 35.3 Å². The summed E-state index contributed by atoms with van der Waals surface area (Å²) in [7, 11) is -5.56. The number of nitrogens with one attached hydrogen (secondary N) is 1. The number of nitrogens with two attached hydrogens (primary N) is 1. The summed E-state index contributed by atoms with van der Waals surface area (Å²) in [6.45, 7) is 10.5. The fourth-order valence-electron chi connectivity index (χ4n) is 7.66. The molecule has 5 rings (SSSR count). The first-order valence-corrected chi connectivity index (χ1v) is 24.0. The van der Waals surface area contributed by atoms with Gasteiger partial charge in [0, 0.05) is 30.7 Å². The molecule has 3 aromatic carbocycles. The van der Waals surface area contributed by atoms with Crippen LogP contribution in [0.25, 0.3) is 5.57 Å². The maximum atomic E-state index is 16.1. The zero-order chi connectivity index (χ0) is 50.2. The third kappa shape index (κ3) is 13.3. The zero-order valence-corrected chi connectivity index (χ0v) is 40.7. The summed E-state index contributed by atoms with van der Waals surface area (Å²) in [4.78, 5) is 80.3. The van der Waals surface area contributed by atoms with Crippen LogP contribution in [0, 0.1) is 16.7 Å². The third-order valence-electron chi connectivity index (χ3n) is 11.7. The van der Waals surface area contributed by atoms with Crippen molar-refractivity contribution in [3.05, 3.63) is 107 Å². The van der Waals surface area contributed by atoms with Gasteiger partial charge in [-0.05, 0) is 109 Å². The second kappa shape index (κ2) is 22.2. The first-order valence-electron chi connectivity index (χ1n) is 22.4. The monoisotopic (exact) mass is 965 g/mol. The Morgan fingerprint density at radius 1 is 0.868 bits per heavy atom. The number of ketones is 1. The molecule has 15 nitrogen and oxygen atoms in total. The van der Waals surface area contributed by atoms with E-state index in [0.29, 0.717) is 29.7 Å². The van der Waals surface area contributed by atoms with E-state index in [4.69, 9.17) is 29.0 Å². The van der Waals surface area contributed by atoms with Crippen molar-refractivity contribution in [3.8, 4) is 0 Å². The zero-order valence-electron chi connectivity index (χ0n) is 39.8. The van der Waals surface area contributed by atoms with Crippen molar-refractivity contribution in [2.45, 2.75) is 124 Å². The molecule has 4 atom stereocenters. The van der Waals surface area contributed by atoms with Crippen LogP contribution in [-0.4, -0.2) is 67.2 Å². The standard InChI is InChI=1S/C50H62F2N3O12P/c1-31(34-19-21-38(22-20-34)50(51,52)68(62,66-29-64-46(60)48(3,4)5)67-30-65-47(61)49(6,7)8)25-39(56)26-37-18-17-35-15-12-16-36-27-41(55(43(35)36)45(37)59)44(58)54-40(23-24-42(53)57)32(2)63-28-33-13-10-9-11-14-33/h9-16,19-22,25,32,37,40-41H,17-18,23-24,26-30H2,1-8H3,(H2,53,57)(H,54,58)/b31-25+/t32-,37-,40+,41+/m1/s1. The predicted molar refractivity (Wildman–Crippen MR) is 248 cm³/mol. The van der Waals surface area contributed by atoms with Crippen molar-refractivity contribution in [2.75, 3.05) is 18.5 Å². The van der Waals surface area contributed by atoms with Crippen LogP contribution in [0.15, 0.2) is 78.9 Å². The largest absolute Gasteiger partial charge is 0.438 e. The number of benzene rings is 3. The molecule has 68 heavy (non-hydrogen) atoms. The number of halogens is 2. The van der Waals surface area contributed by atoms with Gasteiger partial charge in [-0.25, -0.2) is 0 Å². The van der Waals surface area contributed by atoms with Crippen LogP contribution < -0.4 is 16.0 Å². The summed E-state index contributed by atoms with van der Waals surface area (Å²) in [6.07, 6.45) is 1.81. The number of ether oxygens (including phenoxy) is 3. The van der Waals surface area contributed by atoms with Crippen LogP contribution in [-0.2, 0) is 81.7 Å². The van der Waals surface area contributed by atoms with Crippen molar-refractivity contribution in [2.24, 2.45) is 22.5 Å². The number of esters is 2. The number of carbonyl (C=O) groups is 6. The summed E-state index contributed by atoms with van der Waals surface area (Å²) in [5, 5.41) is 3.04. The number of alkyl halides is 2. The molecule has 0 fully saturated rings. The quantitative estimate of drug-likeness (QED) is 0.0448. The maximum Gasteiger partial charge on any atom is 0.410 e. The van der Waals surface area contributed by atoms with Gasteiger partial charge in [-0.15, -0.1) is 0 Å². The molecule has 3 amide bonds. The Kier molecular flexibility index (Phi) is 17.4. The number of para-hydroxylation sites is 1. The van der Waals surface area contributed by atoms with E-state index in [1.807, 2.05) is 48.5 Å². The average Bonchev–Trinajstić information content (AvgIpc) is 3.62. The second-order valence-electron chi connectivity index (χ2n) is 19.2. The van der Waals surface area contributed by atoms with E-state index in [0.717, 1.165) is 28.8 Å². The number of anilines is 1. The molecule has 368 valence electrons. The number of primary amides is 1. The Morgan fingerprint density at radius 2 is 1.46 bits per heavy atom. The molecule has 0 aliphatic carbocycles. The predicted octanol–water partition coefficient (Wildman–Crippen LogP) is 8.29. The van der Waals surface area contributed by atoms with E-state index in [9.17, 15) is 33.3 Å². The van der Waals surface area contributed by atoms with Crippen LogP contribution >= 0.6 is 7.60 Å². The summed E-state index contributed by atoms with van der Waals surface area (Å²) in [6, 6.07) is 18.1. The van der Waals surface area contributed by atoms with Gasteiger partial charge in [-0.3, -0.25) is 47.3 Å². The van der Waals surface area contributed by atoms with Crippen LogP contribution in [0.4, 0.5) is 14.5 Å². The van der Waals surface area contributed by atoms with Crippen LogP contribution in [0.3, 0.4) is 0 Å². The Labute approximate surface area is 396 Å². The summed E-state index contributed by atoms with van der Waals surface area (Å²) in [5.74, 6) is -4.24. The minimum absolute atomic E-state index is 0.00275. The number of nitrogens with zero attached hydrogens (tertiary/aromatic N) is 1. The van der Waals surface area contributed by atoms with Gasteiger partial charge in [0.1, 0.15) is 6.04 Å². The summed E-state index contributed by atoms with van der Waals surface area (Å²) in [5.41, 5.74) is 2.25. The van der Waals surface area contributed by atoms with Crippen molar-refractivity contribution in [1.82, 2.24) is 5.32 Å². The van der Waals surface area contributed by atoms with Gasteiger partial charge in [-0.2, -0.15) is 8.78 Å². The molecule has 3 N–H and O–H groups in total. The van der Waals surface area contributed by atoms with E-state index in [-0.39, 0.29) is 32.3 Å². The van der Waals surface area contributed by atoms with Crippen LogP contribution in [0.5, 0.6) is 0 Å². The van der Waals surface area contributed by atoms with Crippen molar-refractivity contribution < 1.29 is 65.4 Å². The first-order chi connectivity index (χ1) is 31.8. The number of rotatable bonds is 21. The highest BCUT2D eigenvalue weighted by Gasteiger charge is 2.56. The number of allylic oxidation sites excluding steroid dienone is 2. The van der Waals surface area contributed by atoms with Crippen molar-refractivity contribution in [3.63, 3.8) is 0 Å². The molecule has 3 aromatic rings. The van der Waals surface area contributed by atoms with E-state index < -0.39 is 103 Å². The van der Waals surface area contributed by atoms with Gasteiger partial charge in [0.2, 0.25) is 31.3 Å². The topological polar surface area (TPSA) is 207 Å². The molecular weight excluding hydrogens is 904 g/mol. The highest BCUT2D eigenvalue weighted by atomic mass is 31.2. The third-order valence-corrected chi connectivity index (χ3v) is 13.5. The lowest BCUT2D eigenvalue weighted by Gasteiger charge is -2.31. The van der Waals surface area contributed by atoms with Crippen molar-refractivity contribution in [1.29, 1.82) is 0 Å². The molecule has 0 spiro atoms.